The van der Waals surface area contributed by atoms with Crippen molar-refractivity contribution in [3.05, 3.63) is 0 Å². The monoisotopic (exact) mass is 332 g/mol. The van der Waals surface area contributed by atoms with E-state index in [2.05, 4.69) is 17.2 Å². The van der Waals surface area contributed by atoms with Crippen LogP contribution in [-0.2, 0) is 14.8 Å². The molecule has 126 valence electrons. The molecule has 0 bridgehead atoms. The minimum Gasteiger partial charge on any atom is -0.465 e. The molecule has 0 aromatic rings. The smallest absolute Gasteiger partial charge is 0.404 e. The van der Waals surface area contributed by atoms with Crippen molar-refractivity contribution in [1.29, 1.82) is 0 Å². The summed E-state index contributed by atoms with van der Waals surface area (Å²) < 4.78 is 31.3. The fourth-order valence-electron chi connectivity index (χ4n) is 2.38. The first-order valence-electron chi connectivity index (χ1n) is 7.29. The number of piperidine rings is 1. The lowest BCUT2D eigenvalue weighted by Crippen LogP contribution is -2.45. The minimum absolute atomic E-state index is 0.216. The first kappa shape index (κ1) is 18.7. The van der Waals surface area contributed by atoms with Crippen molar-refractivity contribution in [3.63, 3.8) is 0 Å². The van der Waals surface area contributed by atoms with Gasteiger partial charge in [0.25, 0.3) is 0 Å². The van der Waals surface area contributed by atoms with Crippen LogP contribution in [0.1, 0.15) is 26.7 Å². The molecule has 7 nitrogen and oxygen atoms in total. The topological polar surface area (TPSA) is 95.9 Å². The largest absolute Gasteiger partial charge is 0.465 e. The quantitative estimate of drug-likeness (QED) is 0.529. The molecule has 0 radical (unpaired) electrons. The summed E-state index contributed by atoms with van der Waals surface area (Å²) in [5.41, 5.74) is 0. The van der Waals surface area contributed by atoms with Gasteiger partial charge in [-0.25, -0.2) is 17.5 Å². The van der Waals surface area contributed by atoms with Gasteiger partial charge >= 0.3 is 6.09 Å². The molecule has 1 rings (SSSR count). The second-order valence-electron chi connectivity index (χ2n) is 5.41. The van der Waals surface area contributed by atoms with Crippen LogP contribution in [0.4, 0.5) is 4.79 Å². The molecule has 22 heavy (non-hydrogen) atoms. The third kappa shape index (κ3) is 6.64. The fourth-order valence-corrected chi connectivity index (χ4v) is 4.07. The van der Waals surface area contributed by atoms with Crippen LogP contribution in [0, 0.1) is 17.8 Å². The summed E-state index contributed by atoms with van der Waals surface area (Å²) in [7, 11) is -3.44. The number of hydrogen-bond acceptors (Lipinski definition) is 4. The van der Waals surface area contributed by atoms with Gasteiger partial charge in [-0.2, -0.15) is 0 Å². The van der Waals surface area contributed by atoms with Gasteiger partial charge in [0, 0.05) is 19.1 Å². The standard InChI is InChI=1S/C14H24N2O5S/c1-3-4-9-21-10-13-5-7-16(8-6-13)22(19,20)11-12(2)15-14(17)18/h12-13,15H,5-11H2,1-2H3,(H,17,18)/t12-/m1/s1. The molecule has 1 atom stereocenters. The Bertz CT molecular complexity index is 515. The second-order valence-corrected chi connectivity index (χ2v) is 7.43. The minimum atomic E-state index is -3.44. The Balaban J connectivity index is 2.38. The van der Waals surface area contributed by atoms with E-state index in [4.69, 9.17) is 9.84 Å². The van der Waals surface area contributed by atoms with Gasteiger partial charge in [-0.3, -0.25) is 0 Å². The molecule has 1 fully saturated rings. The normalized spacial score (nSPS) is 18.3. The van der Waals surface area contributed by atoms with Gasteiger partial charge in [-0.1, -0.05) is 5.92 Å². The number of hydrogen-bond donors (Lipinski definition) is 2. The van der Waals surface area contributed by atoms with Crippen LogP contribution < -0.4 is 5.32 Å². The maximum atomic E-state index is 12.2. The Labute approximate surface area is 132 Å². The van der Waals surface area contributed by atoms with Gasteiger partial charge in [0.2, 0.25) is 10.0 Å². The predicted octanol–water partition coefficient (Wildman–Crippen LogP) is 0.724. The molecule has 0 spiro atoms. The molecule has 2 N–H and O–H groups in total. The van der Waals surface area contributed by atoms with Crippen molar-refractivity contribution < 1.29 is 23.1 Å². The summed E-state index contributed by atoms with van der Waals surface area (Å²) in [4.78, 5) is 10.5. The van der Waals surface area contributed by atoms with Crippen molar-refractivity contribution >= 4 is 16.1 Å². The first-order chi connectivity index (χ1) is 10.3. The number of nitrogens with zero attached hydrogens (tertiary/aromatic N) is 1. The Morgan fingerprint density at radius 3 is 2.64 bits per heavy atom. The molecule has 0 unspecified atom stereocenters. The summed E-state index contributed by atoms with van der Waals surface area (Å²) in [6, 6.07) is -0.629. The number of rotatable bonds is 7. The lowest BCUT2D eigenvalue weighted by Gasteiger charge is -2.31. The molecule has 0 aromatic heterocycles. The average molecular weight is 332 g/mol. The van der Waals surface area contributed by atoms with E-state index >= 15 is 0 Å². The van der Waals surface area contributed by atoms with Crippen LogP contribution in [0.2, 0.25) is 0 Å². The van der Waals surface area contributed by atoms with Gasteiger partial charge in [0.05, 0.1) is 12.4 Å². The summed E-state index contributed by atoms with van der Waals surface area (Å²) in [5.74, 6) is 5.71. The van der Waals surface area contributed by atoms with Crippen molar-refractivity contribution in [3.8, 4) is 11.8 Å². The maximum Gasteiger partial charge on any atom is 0.404 e. The van der Waals surface area contributed by atoms with Crippen LogP contribution in [0.3, 0.4) is 0 Å². The van der Waals surface area contributed by atoms with E-state index in [9.17, 15) is 13.2 Å². The Morgan fingerprint density at radius 1 is 1.45 bits per heavy atom. The summed E-state index contributed by atoms with van der Waals surface area (Å²) in [6.45, 7) is 5.21. The molecule has 0 aromatic carbocycles. The van der Waals surface area contributed by atoms with Crippen LogP contribution >= 0.6 is 0 Å². The molecule has 8 heteroatoms. The number of amides is 1. The zero-order valence-electron chi connectivity index (χ0n) is 13.0. The molecule has 1 aliphatic rings. The van der Waals surface area contributed by atoms with Crippen molar-refractivity contribution in [2.45, 2.75) is 32.7 Å². The molecule has 1 heterocycles. The molecule has 1 amide bonds. The number of carboxylic acid groups (broad SMARTS) is 1. The fraction of sp³-hybridized carbons (Fsp3) is 0.786. The molecule has 0 aliphatic carbocycles. The Hall–Kier alpha value is -1.30. The highest BCUT2D eigenvalue weighted by molar-refractivity contribution is 7.89. The van der Waals surface area contributed by atoms with Gasteiger partial charge in [-0.05, 0) is 32.6 Å². The average Bonchev–Trinajstić information content (AvgIpc) is 2.42. The zero-order chi connectivity index (χ0) is 16.6. The Morgan fingerprint density at radius 2 is 2.09 bits per heavy atom. The predicted molar refractivity (Wildman–Crippen MR) is 83.0 cm³/mol. The lowest BCUT2D eigenvalue weighted by atomic mass is 9.99. The lowest BCUT2D eigenvalue weighted by molar-refractivity contribution is 0.101. The highest BCUT2D eigenvalue weighted by Crippen LogP contribution is 2.20. The van der Waals surface area contributed by atoms with Crippen molar-refractivity contribution in [2.24, 2.45) is 5.92 Å². The van der Waals surface area contributed by atoms with E-state index in [1.165, 1.54) is 4.31 Å². The van der Waals surface area contributed by atoms with Crippen LogP contribution in [0.25, 0.3) is 0 Å². The highest BCUT2D eigenvalue weighted by atomic mass is 32.2. The molecule has 1 saturated heterocycles. The Kier molecular flexibility index (Phi) is 7.65. The highest BCUT2D eigenvalue weighted by Gasteiger charge is 2.29. The third-order valence-corrected chi connectivity index (χ3v) is 5.58. The van der Waals surface area contributed by atoms with Gasteiger partial charge in [0.15, 0.2) is 0 Å². The van der Waals surface area contributed by atoms with Gasteiger partial charge in [-0.15, -0.1) is 5.92 Å². The maximum absolute atomic E-state index is 12.2. The first-order valence-corrected chi connectivity index (χ1v) is 8.90. The summed E-state index contributed by atoms with van der Waals surface area (Å²) in [5, 5.41) is 10.8. The molecule has 0 saturated carbocycles. The van der Waals surface area contributed by atoms with Crippen molar-refractivity contribution in [1.82, 2.24) is 9.62 Å². The third-order valence-electron chi connectivity index (χ3n) is 3.50. The molecular formula is C14H24N2O5S. The van der Waals surface area contributed by atoms with E-state index in [1.807, 2.05) is 0 Å². The van der Waals surface area contributed by atoms with E-state index < -0.39 is 22.2 Å². The molecule has 1 aliphatic heterocycles. The van der Waals surface area contributed by atoms with E-state index in [1.54, 1.807) is 13.8 Å². The van der Waals surface area contributed by atoms with Crippen LogP contribution in [0.5, 0.6) is 0 Å². The second kappa shape index (κ2) is 8.98. The van der Waals surface area contributed by atoms with E-state index in [-0.39, 0.29) is 5.75 Å². The number of nitrogens with one attached hydrogen (secondary N) is 1. The van der Waals surface area contributed by atoms with Crippen LogP contribution in [0.15, 0.2) is 0 Å². The summed E-state index contributed by atoms with van der Waals surface area (Å²) in [6.07, 6.45) is 0.285. The van der Waals surface area contributed by atoms with E-state index in [0.29, 0.717) is 32.2 Å². The number of sulfonamides is 1. The van der Waals surface area contributed by atoms with Gasteiger partial charge < -0.3 is 15.2 Å². The zero-order valence-corrected chi connectivity index (χ0v) is 13.9. The van der Waals surface area contributed by atoms with Crippen molar-refractivity contribution in [2.75, 3.05) is 32.1 Å². The number of carbonyl (C=O) groups is 1. The molecular weight excluding hydrogens is 308 g/mol. The number of ether oxygens (including phenoxy) is 1. The van der Waals surface area contributed by atoms with Crippen LogP contribution in [-0.4, -0.2) is 62.0 Å². The SMILES string of the molecule is CC#CCOCC1CCN(S(=O)(=O)C[C@@H](C)NC(=O)O)CC1. The van der Waals surface area contributed by atoms with E-state index in [0.717, 1.165) is 12.8 Å². The van der Waals surface area contributed by atoms with Gasteiger partial charge in [0.1, 0.15) is 6.61 Å². The summed E-state index contributed by atoms with van der Waals surface area (Å²) >= 11 is 0.